The second kappa shape index (κ2) is 6.19. The number of nitrogens with zero attached hydrogens (tertiary/aromatic N) is 2. The summed E-state index contributed by atoms with van der Waals surface area (Å²) < 4.78 is 5.24. The first-order valence-corrected chi connectivity index (χ1v) is 7.18. The van der Waals surface area contributed by atoms with Crippen LogP contribution in [0.3, 0.4) is 0 Å². The highest BCUT2D eigenvalue weighted by Crippen LogP contribution is 2.24. The van der Waals surface area contributed by atoms with E-state index in [2.05, 4.69) is 10.3 Å². The minimum atomic E-state index is -1.00. The van der Waals surface area contributed by atoms with Crippen LogP contribution < -0.4 is 5.32 Å². The third-order valence-electron chi connectivity index (χ3n) is 3.02. The van der Waals surface area contributed by atoms with Gasteiger partial charge in [-0.2, -0.15) is 0 Å². The standard InChI is InChI=1S/C12H17N3O4S/c1-12(19-4-10(16)17)6-15(7-12)11(18)13-3-2-9-5-20-8-14-9/h5,8H,2-4,6-7H2,1H3,(H,13,18)(H,16,17). The fourth-order valence-corrected chi connectivity index (χ4v) is 2.60. The Hall–Kier alpha value is -1.67. The summed E-state index contributed by atoms with van der Waals surface area (Å²) in [6.45, 7) is 2.81. The Morgan fingerprint density at radius 2 is 2.35 bits per heavy atom. The van der Waals surface area contributed by atoms with Gasteiger partial charge in [0.15, 0.2) is 0 Å². The van der Waals surface area contributed by atoms with Gasteiger partial charge in [0.25, 0.3) is 0 Å². The molecule has 110 valence electrons. The molecule has 0 bridgehead atoms. The summed E-state index contributed by atoms with van der Waals surface area (Å²) >= 11 is 1.53. The van der Waals surface area contributed by atoms with E-state index in [1.54, 1.807) is 17.3 Å². The fourth-order valence-electron chi connectivity index (χ4n) is 2.00. The highest BCUT2D eigenvalue weighted by Gasteiger charge is 2.42. The summed E-state index contributed by atoms with van der Waals surface area (Å²) in [4.78, 5) is 28.0. The van der Waals surface area contributed by atoms with Crippen LogP contribution in [0.1, 0.15) is 12.6 Å². The van der Waals surface area contributed by atoms with Gasteiger partial charge in [0.2, 0.25) is 0 Å². The first-order chi connectivity index (χ1) is 9.48. The number of aromatic nitrogens is 1. The molecule has 0 atom stereocenters. The van der Waals surface area contributed by atoms with Gasteiger partial charge >= 0.3 is 12.0 Å². The lowest BCUT2D eigenvalue weighted by Gasteiger charge is -2.46. The molecule has 2 N–H and O–H groups in total. The minimum Gasteiger partial charge on any atom is -0.480 e. The number of likely N-dealkylation sites (tertiary alicyclic amines) is 1. The van der Waals surface area contributed by atoms with Gasteiger partial charge in [-0.05, 0) is 6.92 Å². The van der Waals surface area contributed by atoms with Crippen molar-refractivity contribution in [2.24, 2.45) is 0 Å². The van der Waals surface area contributed by atoms with Crippen LogP contribution in [-0.4, -0.2) is 58.8 Å². The third kappa shape index (κ3) is 3.91. The largest absolute Gasteiger partial charge is 0.480 e. The number of urea groups is 1. The van der Waals surface area contributed by atoms with E-state index in [4.69, 9.17) is 9.84 Å². The van der Waals surface area contributed by atoms with Crippen LogP contribution in [0.2, 0.25) is 0 Å². The molecule has 2 heterocycles. The Balaban J connectivity index is 1.64. The van der Waals surface area contributed by atoms with Crippen LogP contribution in [0.25, 0.3) is 0 Å². The van der Waals surface area contributed by atoms with E-state index in [9.17, 15) is 9.59 Å². The molecule has 1 aromatic rings. The summed E-state index contributed by atoms with van der Waals surface area (Å²) in [5.41, 5.74) is 2.18. The molecule has 1 saturated heterocycles. The zero-order valence-corrected chi connectivity index (χ0v) is 12.0. The fraction of sp³-hybridized carbons (Fsp3) is 0.583. The summed E-state index contributed by atoms with van der Waals surface area (Å²) in [6, 6.07) is -0.156. The van der Waals surface area contributed by atoms with E-state index in [0.29, 0.717) is 26.1 Å². The van der Waals surface area contributed by atoms with Gasteiger partial charge in [0.1, 0.15) is 12.2 Å². The molecule has 2 amide bonds. The maximum atomic E-state index is 11.8. The number of hydrogen-bond acceptors (Lipinski definition) is 5. The Bertz CT molecular complexity index is 471. The summed E-state index contributed by atoms with van der Waals surface area (Å²) in [5.74, 6) is -1.00. The van der Waals surface area contributed by atoms with Crippen molar-refractivity contribution in [3.05, 3.63) is 16.6 Å². The number of carboxylic acid groups (broad SMARTS) is 1. The quantitative estimate of drug-likeness (QED) is 0.801. The number of ether oxygens (including phenoxy) is 1. The molecule has 1 aliphatic heterocycles. The monoisotopic (exact) mass is 299 g/mol. The second-order valence-electron chi connectivity index (χ2n) is 4.95. The molecule has 7 nitrogen and oxygen atoms in total. The number of hydrogen-bond donors (Lipinski definition) is 2. The van der Waals surface area contributed by atoms with Gasteiger partial charge in [-0.1, -0.05) is 0 Å². The van der Waals surface area contributed by atoms with Crippen LogP contribution in [0.5, 0.6) is 0 Å². The molecule has 0 radical (unpaired) electrons. The minimum absolute atomic E-state index is 0.156. The lowest BCUT2D eigenvalue weighted by molar-refractivity contribution is -0.159. The third-order valence-corrected chi connectivity index (χ3v) is 3.66. The summed E-state index contributed by atoms with van der Waals surface area (Å²) in [6.07, 6.45) is 0.704. The van der Waals surface area contributed by atoms with Crippen molar-refractivity contribution in [2.45, 2.75) is 18.9 Å². The number of carbonyl (C=O) groups excluding carboxylic acids is 1. The van der Waals surface area contributed by atoms with Crippen LogP contribution in [0.4, 0.5) is 4.79 Å². The number of aliphatic carboxylic acids is 1. The number of rotatable bonds is 6. The number of nitrogens with one attached hydrogen (secondary N) is 1. The van der Waals surface area contributed by atoms with Crippen LogP contribution in [0.15, 0.2) is 10.9 Å². The van der Waals surface area contributed by atoms with Gasteiger partial charge in [-0.3, -0.25) is 0 Å². The molecule has 0 aromatic carbocycles. The van der Waals surface area contributed by atoms with Gasteiger partial charge in [0, 0.05) is 18.3 Å². The molecule has 0 saturated carbocycles. The maximum Gasteiger partial charge on any atom is 0.329 e. The average Bonchev–Trinajstić information content (AvgIpc) is 2.86. The van der Waals surface area contributed by atoms with Crippen molar-refractivity contribution in [1.82, 2.24) is 15.2 Å². The molecule has 2 rings (SSSR count). The average molecular weight is 299 g/mol. The van der Waals surface area contributed by atoms with Crippen molar-refractivity contribution in [3.8, 4) is 0 Å². The van der Waals surface area contributed by atoms with Crippen LogP contribution in [-0.2, 0) is 16.0 Å². The highest BCUT2D eigenvalue weighted by atomic mass is 32.1. The topological polar surface area (TPSA) is 91.8 Å². The molecular formula is C12H17N3O4S. The first kappa shape index (κ1) is 14.7. The van der Waals surface area contributed by atoms with E-state index in [1.807, 2.05) is 5.38 Å². The molecule has 20 heavy (non-hydrogen) atoms. The van der Waals surface area contributed by atoms with Crippen molar-refractivity contribution < 1.29 is 19.4 Å². The molecule has 8 heteroatoms. The van der Waals surface area contributed by atoms with Crippen molar-refractivity contribution >= 4 is 23.3 Å². The van der Waals surface area contributed by atoms with E-state index >= 15 is 0 Å². The van der Waals surface area contributed by atoms with E-state index in [-0.39, 0.29) is 12.6 Å². The molecular weight excluding hydrogens is 282 g/mol. The zero-order chi connectivity index (χ0) is 14.6. The molecule has 1 fully saturated rings. The normalized spacial score (nSPS) is 16.6. The Labute approximate surface area is 120 Å². The van der Waals surface area contributed by atoms with Crippen molar-refractivity contribution in [2.75, 3.05) is 26.2 Å². The van der Waals surface area contributed by atoms with Crippen molar-refractivity contribution in [1.29, 1.82) is 0 Å². The second-order valence-corrected chi connectivity index (χ2v) is 5.67. The van der Waals surface area contributed by atoms with Crippen molar-refractivity contribution in [3.63, 3.8) is 0 Å². The van der Waals surface area contributed by atoms with Gasteiger partial charge in [-0.15, -0.1) is 11.3 Å². The van der Waals surface area contributed by atoms with Gasteiger partial charge in [0.05, 0.1) is 24.3 Å². The van der Waals surface area contributed by atoms with Gasteiger partial charge < -0.3 is 20.1 Å². The summed E-state index contributed by atoms with van der Waals surface area (Å²) in [7, 11) is 0. The molecule has 0 spiro atoms. The maximum absolute atomic E-state index is 11.8. The highest BCUT2D eigenvalue weighted by molar-refractivity contribution is 7.07. The summed E-state index contributed by atoms with van der Waals surface area (Å²) in [5, 5.41) is 13.3. The number of carboxylic acids is 1. The number of amides is 2. The van der Waals surface area contributed by atoms with E-state index in [1.165, 1.54) is 11.3 Å². The Kier molecular flexibility index (Phi) is 4.56. The molecule has 0 unspecified atom stereocenters. The number of carbonyl (C=O) groups is 2. The smallest absolute Gasteiger partial charge is 0.329 e. The van der Waals surface area contributed by atoms with Gasteiger partial charge in [-0.25, -0.2) is 14.6 Å². The van der Waals surface area contributed by atoms with Crippen LogP contribution in [0, 0.1) is 0 Å². The molecule has 1 aromatic heterocycles. The zero-order valence-electron chi connectivity index (χ0n) is 11.2. The first-order valence-electron chi connectivity index (χ1n) is 6.24. The SMILES string of the molecule is CC1(OCC(=O)O)CN(C(=O)NCCc2cscn2)C1. The Morgan fingerprint density at radius 3 is 2.95 bits per heavy atom. The van der Waals surface area contributed by atoms with E-state index in [0.717, 1.165) is 5.69 Å². The number of thiazole rings is 1. The lowest BCUT2D eigenvalue weighted by Crippen LogP contribution is -2.65. The molecule has 0 aliphatic carbocycles. The van der Waals surface area contributed by atoms with Crippen LogP contribution >= 0.6 is 11.3 Å². The predicted octanol–water partition coefficient (Wildman–Crippen LogP) is 0.571. The predicted molar refractivity (Wildman–Crippen MR) is 72.8 cm³/mol. The van der Waals surface area contributed by atoms with E-state index < -0.39 is 11.6 Å². The molecule has 1 aliphatic rings. The Morgan fingerprint density at radius 1 is 1.60 bits per heavy atom. The lowest BCUT2D eigenvalue weighted by atomic mass is 9.97.